The van der Waals surface area contributed by atoms with Gasteiger partial charge in [0.25, 0.3) is 5.91 Å². The maximum Gasteiger partial charge on any atom is 0.262 e. The molecule has 216 valence electrons. The van der Waals surface area contributed by atoms with Gasteiger partial charge in [-0.05, 0) is 42.7 Å². The van der Waals surface area contributed by atoms with Gasteiger partial charge in [0.1, 0.15) is 18.0 Å². The van der Waals surface area contributed by atoms with Gasteiger partial charge in [0.15, 0.2) is 11.5 Å². The van der Waals surface area contributed by atoms with E-state index < -0.39 is 6.04 Å². The highest BCUT2D eigenvalue weighted by atomic mass is 16.5. The summed E-state index contributed by atoms with van der Waals surface area (Å²) in [7, 11) is 7.93. The van der Waals surface area contributed by atoms with E-state index in [4.69, 9.17) is 28.8 Å². The van der Waals surface area contributed by atoms with Crippen LogP contribution in [0.5, 0.6) is 23.0 Å². The number of ether oxygens (including phenoxy) is 5. The van der Waals surface area contributed by atoms with Crippen LogP contribution in [0, 0.1) is 5.92 Å². The lowest BCUT2D eigenvalue weighted by Gasteiger charge is -2.28. The molecule has 2 amide bonds. The molecule has 4 rings (SSSR count). The average molecular weight is 554 g/mol. The fraction of sp³-hybridized carbons (Fsp3) is 0.500. The number of carbonyl (C=O) groups excluding carboxylic acids is 2. The fourth-order valence-corrected chi connectivity index (χ4v) is 5.39. The van der Waals surface area contributed by atoms with E-state index in [1.54, 1.807) is 46.5 Å². The zero-order chi connectivity index (χ0) is 28.6. The van der Waals surface area contributed by atoms with E-state index in [2.05, 4.69) is 0 Å². The summed E-state index contributed by atoms with van der Waals surface area (Å²) in [6.45, 7) is 0.608. The molecule has 0 unspecified atom stereocenters. The number of benzene rings is 2. The van der Waals surface area contributed by atoms with Crippen molar-refractivity contribution in [3.8, 4) is 23.0 Å². The van der Waals surface area contributed by atoms with Gasteiger partial charge in [0, 0.05) is 37.6 Å². The van der Waals surface area contributed by atoms with Crippen LogP contribution in [0.3, 0.4) is 0 Å². The molecule has 0 N–H and O–H groups in total. The van der Waals surface area contributed by atoms with Gasteiger partial charge in [-0.15, -0.1) is 0 Å². The molecule has 1 fully saturated rings. The van der Waals surface area contributed by atoms with E-state index in [-0.39, 0.29) is 24.3 Å². The van der Waals surface area contributed by atoms with Crippen LogP contribution in [0.4, 0.5) is 0 Å². The summed E-state index contributed by atoms with van der Waals surface area (Å²) in [5, 5.41) is 6.29. The predicted octanol–water partition coefficient (Wildman–Crippen LogP) is 4.06. The summed E-state index contributed by atoms with van der Waals surface area (Å²) in [5.41, 5.74) is 2.29. The van der Waals surface area contributed by atoms with Crippen molar-refractivity contribution in [2.75, 3.05) is 55.2 Å². The molecule has 0 aromatic heterocycles. The summed E-state index contributed by atoms with van der Waals surface area (Å²) >= 11 is 0. The minimum absolute atomic E-state index is 0.00536. The molecule has 1 heterocycles. The molecule has 2 aromatic carbocycles. The number of carbonyl (C=O) groups is 2. The molecular weight excluding hydrogens is 514 g/mol. The second-order valence-electron chi connectivity index (χ2n) is 9.92. The SMILES string of the molecule is COCCN(CC(=O)N1N=C(c2ccc(OC)cc2OC)C[C@H]1c1ccc(OC)c(OC)c1)C(=O)C1CCCC1. The summed E-state index contributed by atoms with van der Waals surface area (Å²) in [6.07, 6.45) is 4.22. The number of hydrazone groups is 1. The molecule has 10 nitrogen and oxygen atoms in total. The van der Waals surface area contributed by atoms with Crippen molar-refractivity contribution in [3.05, 3.63) is 47.5 Å². The monoisotopic (exact) mass is 553 g/mol. The van der Waals surface area contributed by atoms with Crippen molar-refractivity contribution in [2.45, 2.75) is 38.1 Å². The summed E-state index contributed by atoms with van der Waals surface area (Å²) in [6, 6.07) is 10.7. The second-order valence-corrected chi connectivity index (χ2v) is 9.92. The van der Waals surface area contributed by atoms with Crippen molar-refractivity contribution in [1.82, 2.24) is 9.91 Å². The van der Waals surface area contributed by atoms with Crippen LogP contribution in [-0.4, -0.2) is 82.7 Å². The first-order chi connectivity index (χ1) is 19.4. The Hall–Kier alpha value is -3.79. The van der Waals surface area contributed by atoms with Crippen molar-refractivity contribution < 1.29 is 33.3 Å². The zero-order valence-corrected chi connectivity index (χ0v) is 24.0. The first-order valence-corrected chi connectivity index (χ1v) is 13.6. The second kappa shape index (κ2) is 13.5. The Bertz CT molecular complexity index is 1230. The lowest BCUT2D eigenvalue weighted by molar-refractivity contribution is -0.144. The van der Waals surface area contributed by atoms with Crippen molar-refractivity contribution in [1.29, 1.82) is 0 Å². The van der Waals surface area contributed by atoms with Crippen molar-refractivity contribution >= 4 is 17.5 Å². The van der Waals surface area contributed by atoms with Crippen LogP contribution in [0.2, 0.25) is 0 Å². The van der Waals surface area contributed by atoms with Gasteiger partial charge in [-0.2, -0.15) is 5.10 Å². The van der Waals surface area contributed by atoms with E-state index in [1.807, 2.05) is 30.3 Å². The summed E-state index contributed by atoms with van der Waals surface area (Å²) in [5.74, 6) is 2.08. The normalized spacial score (nSPS) is 17.0. The Kier molecular flexibility index (Phi) is 9.87. The van der Waals surface area contributed by atoms with Crippen LogP contribution in [0.25, 0.3) is 0 Å². The van der Waals surface area contributed by atoms with E-state index in [0.29, 0.717) is 48.3 Å². The van der Waals surface area contributed by atoms with E-state index >= 15 is 0 Å². The van der Waals surface area contributed by atoms with Gasteiger partial charge in [-0.25, -0.2) is 5.01 Å². The molecule has 0 spiro atoms. The maximum atomic E-state index is 13.9. The molecule has 40 heavy (non-hydrogen) atoms. The minimum Gasteiger partial charge on any atom is -0.497 e. The highest BCUT2D eigenvalue weighted by molar-refractivity contribution is 6.05. The molecule has 0 bridgehead atoms. The Morgan fingerprint density at radius 1 is 0.900 bits per heavy atom. The molecule has 10 heteroatoms. The van der Waals surface area contributed by atoms with Gasteiger partial charge in [-0.3, -0.25) is 9.59 Å². The average Bonchev–Trinajstić information content (AvgIpc) is 3.69. The van der Waals surface area contributed by atoms with Crippen LogP contribution in [0.15, 0.2) is 41.5 Å². The molecule has 1 saturated carbocycles. The Morgan fingerprint density at radius 3 is 2.27 bits per heavy atom. The minimum atomic E-state index is -0.417. The first-order valence-electron chi connectivity index (χ1n) is 13.6. The van der Waals surface area contributed by atoms with Crippen molar-refractivity contribution in [2.24, 2.45) is 11.0 Å². The lowest BCUT2D eigenvalue weighted by atomic mass is 9.97. The van der Waals surface area contributed by atoms with Gasteiger partial charge in [0.05, 0.1) is 46.8 Å². The Labute approximate surface area is 235 Å². The van der Waals surface area contributed by atoms with E-state index in [1.165, 1.54) is 5.01 Å². The molecule has 0 saturated heterocycles. The molecular formula is C30H39N3O7. The molecule has 0 radical (unpaired) electrons. The standard InChI is InChI=1S/C30H39N3O7/c1-36-15-14-32(30(35)20-8-6-7-9-20)19-29(34)33-25(21-10-13-26(38-3)28(16-21)40-5)18-24(31-33)23-12-11-22(37-2)17-27(23)39-4/h10-13,16-17,20,25H,6-9,14-15,18-19H2,1-5H3/t25-/m0/s1. The predicted molar refractivity (Wildman–Crippen MR) is 150 cm³/mol. The van der Waals surface area contributed by atoms with Crippen molar-refractivity contribution in [3.63, 3.8) is 0 Å². The Morgan fingerprint density at radius 2 is 1.62 bits per heavy atom. The maximum absolute atomic E-state index is 13.9. The van der Waals surface area contributed by atoms with Gasteiger partial charge < -0.3 is 28.6 Å². The number of hydrogen-bond donors (Lipinski definition) is 0. The smallest absolute Gasteiger partial charge is 0.262 e. The zero-order valence-electron chi connectivity index (χ0n) is 24.0. The number of nitrogens with zero attached hydrogens (tertiary/aromatic N) is 3. The quantitative estimate of drug-likeness (QED) is 0.391. The number of amides is 2. The third-order valence-corrected chi connectivity index (χ3v) is 7.59. The van der Waals surface area contributed by atoms with Crippen LogP contribution < -0.4 is 18.9 Å². The lowest BCUT2D eigenvalue weighted by Crippen LogP contribution is -2.44. The van der Waals surface area contributed by atoms with E-state index in [0.717, 1.165) is 36.8 Å². The third kappa shape index (κ3) is 6.33. The molecule has 2 aromatic rings. The number of methoxy groups -OCH3 is 5. The number of rotatable bonds is 12. The summed E-state index contributed by atoms with van der Waals surface area (Å²) in [4.78, 5) is 28.9. The third-order valence-electron chi connectivity index (χ3n) is 7.59. The summed E-state index contributed by atoms with van der Waals surface area (Å²) < 4.78 is 27.2. The van der Waals surface area contributed by atoms with Gasteiger partial charge >= 0.3 is 0 Å². The molecule has 1 aliphatic carbocycles. The van der Waals surface area contributed by atoms with Crippen LogP contribution in [0.1, 0.15) is 49.3 Å². The molecule has 1 aliphatic heterocycles. The van der Waals surface area contributed by atoms with Gasteiger partial charge in [-0.1, -0.05) is 18.9 Å². The largest absolute Gasteiger partial charge is 0.497 e. The molecule has 2 aliphatic rings. The van der Waals surface area contributed by atoms with Gasteiger partial charge in [0.2, 0.25) is 5.91 Å². The highest BCUT2D eigenvalue weighted by Gasteiger charge is 2.37. The van der Waals surface area contributed by atoms with E-state index in [9.17, 15) is 9.59 Å². The molecule has 1 atom stereocenters. The Balaban J connectivity index is 1.69. The fourth-order valence-electron chi connectivity index (χ4n) is 5.39. The number of hydrogen-bond acceptors (Lipinski definition) is 8. The first kappa shape index (κ1) is 29.2. The van der Waals surface area contributed by atoms with Crippen LogP contribution >= 0.6 is 0 Å². The topological polar surface area (TPSA) is 99.1 Å². The van der Waals surface area contributed by atoms with Crippen LogP contribution in [-0.2, 0) is 14.3 Å². The highest BCUT2D eigenvalue weighted by Crippen LogP contribution is 2.39.